The number of esters is 1. The molecule has 1 fully saturated rings. The highest BCUT2D eigenvalue weighted by molar-refractivity contribution is 7.92. The van der Waals surface area contributed by atoms with Crippen LogP contribution in [-0.2, 0) is 19.6 Å². The van der Waals surface area contributed by atoms with Crippen LogP contribution in [0.5, 0.6) is 5.75 Å². The van der Waals surface area contributed by atoms with E-state index in [9.17, 15) is 18.0 Å². The Bertz CT molecular complexity index is 1050. The summed E-state index contributed by atoms with van der Waals surface area (Å²) in [4.78, 5) is 26.2. The van der Waals surface area contributed by atoms with Crippen molar-refractivity contribution in [2.45, 2.75) is 31.6 Å². The molecular weight excluding hydrogens is 432 g/mol. The Morgan fingerprint density at radius 3 is 2.38 bits per heavy atom. The van der Waals surface area contributed by atoms with Gasteiger partial charge in [-0.05, 0) is 63.1 Å². The molecule has 0 bridgehead atoms. The zero-order valence-corrected chi connectivity index (χ0v) is 19.3. The number of rotatable bonds is 6. The van der Waals surface area contributed by atoms with Crippen molar-refractivity contribution < 1.29 is 27.5 Å². The molecule has 0 spiro atoms. The standard InChI is InChI=1S/C23H28N2O6S/c1-4-30-23(27)25-15-5-6-18(16-25)22(26)31-20-11-9-19(10-12-20)24(3)32(28,29)21-13-7-17(2)8-14-21/h7-14,18H,4-6,15-16H2,1-3H3/t18-/m0/s1. The molecule has 0 unspecified atom stereocenters. The van der Waals surface area contributed by atoms with Crippen LogP contribution in [-0.4, -0.2) is 52.1 Å². The number of carbonyl (C=O) groups is 2. The predicted molar refractivity (Wildman–Crippen MR) is 120 cm³/mol. The van der Waals surface area contributed by atoms with Gasteiger partial charge >= 0.3 is 12.1 Å². The molecule has 8 nitrogen and oxygen atoms in total. The molecule has 1 aliphatic heterocycles. The SMILES string of the molecule is CCOC(=O)N1CCC[C@H](C(=O)Oc2ccc(N(C)S(=O)(=O)c3ccc(C)cc3)cc2)C1. The number of hydrogen-bond donors (Lipinski definition) is 0. The van der Waals surface area contributed by atoms with Crippen LogP contribution in [0.15, 0.2) is 53.4 Å². The average Bonchev–Trinajstić information content (AvgIpc) is 2.79. The number of aryl methyl sites for hydroxylation is 1. The minimum Gasteiger partial charge on any atom is -0.450 e. The van der Waals surface area contributed by atoms with Gasteiger partial charge in [-0.2, -0.15) is 0 Å². The Morgan fingerprint density at radius 1 is 1.09 bits per heavy atom. The van der Waals surface area contributed by atoms with E-state index in [-0.39, 0.29) is 18.0 Å². The Hall–Kier alpha value is -3.07. The molecule has 172 valence electrons. The van der Waals surface area contributed by atoms with Gasteiger partial charge in [-0.15, -0.1) is 0 Å². The third-order valence-corrected chi connectivity index (χ3v) is 7.18. The van der Waals surface area contributed by atoms with Gasteiger partial charge in [0.25, 0.3) is 10.0 Å². The molecule has 0 aromatic heterocycles. The van der Waals surface area contributed by atoms with Crippen LogP contribution >= 0.6 is 0 Å². The van der Waals surface area contributed by atoms with E-state index in [0.717, 1.165) is 5.56 Å². The van der Waals surface area contributed by atoms with Gasteiger partial charge in [-0.3, -0.25) is 9.10 Å². The third kappa shape index (κ3) is 5.40. The lowest BCUT2D eigenvalue weighted by atomic mass is 9.98. The van der Waals surface area contributed by atoms with Crippen LogP contribution < -0.4 is 9.04 Å². The maximum Gasteiger partial charge on any atom is 0.409 e. The third-order valence-electron chi connectivity index (χ3n) is 5.38. The molecule has 1 heterocycles. The van der Waals surface area contributed by atoms with E-state index in [0.29, 0.717) is 30.8 Å². The predicted octanol–water partition coefficient (Wildman–Crippen LogP) is 3.59. The summed E-state index contributed by atoms with van der Waals surface area (Å²) >= 11 is 0. The number of hydrogen-bond acceptors (Lipinski definition) is 6. The largest absolute Gasteiger partial charge is 0.450 e. The highest BCUT2D eigenvalue weighted by Crippen LogP contribution is 2.26. The van der Waals surface area contributed by atoms with Gasteiger partial charge in [0, 0.05) is 20.1 Å². The minimum absolute atomic E-state index is 0.199. The summed E-state index contributed by atoms with van der Waals surface area (Å²) in [5.74, 6) is -0.544. The van der Waals surface area contributed by atoms with Gasteiger partial charge in [0.2, 0.25) is 0 Å². The maximum absolute atomic E-state index is 12.8. The van der Waals surface area contributed by atoms with E-state index in [1.807, 2.05) is 6.92 Å². The topological polar surface area (TPSA) is 93.2 Å². The van der Waals surface area contributed by atoms with E-state index < -0.39 is 28.0 Å². The maximum atomic E-state index is 12.8. The number of amides is 1. The zero-order chi connectivity index (χ0) is 23.3. The van der Waals surface area contributed by atoms with Crippen molar-refractivity contribution in [3.63, 3.8) is 0 Å². The second-order valence-corrected chi connectivity index (χ2v) is 9.65. The molecule has 1 atom stereocenters. The second-order valence-electron chi connectivity index (χ2n) is 7.68. The average molecular weight is 461 g/mol. The Balaban J connectivity index is 1.64. The lowest BCUT2D eigenvalue weighted by molar-refractivity contribution is -0.140. The van der Waals surface area contributed by atoms with E-state index >= 15 is 0 Å². The Morgan fingerprint density at radius 2 is 1.75 bits per heavy atom. The molecule has 0 aliphatic carbocycles. The highest BCUT2D eigenvalue weighted by atomic mass is 32.2. The molecule has 9 heteroatoms. The van der Waals surface area contributed by atoms with Crippen molar-refractivity contribution in [3.8, 4) is 5.75 Å². The van der Waals surface area contributed by atoms with Gasteiger partial charge in [-0.1, -0.05) is 17.7 Å². The number of benzene rings is 2. The van der Waals surface area contributed by atoms with Crippen molar-refractivity contribution in [2.24, 2.45) is 5.92 Å². The molecular formula is C23H28N2O6S. The van der Waals surface area contributed by atoms with Gasteiger partial charge < -0.3 is 14.4 Å². The van der Waals surface area contributed by atoms with Crippen LogP contribution in [0.1, 0.15) is 25.3 Å². The fourth-order valence-corrected chi connectivity index (χ4v) is 4.68. The highest BCUT2D eigenvalue weighted by Gasteiger charge is 2.30. The summed E-state index contributed by atoms with van der Waals surface area (Å²) in [5, 5.41) is 0. The van der Waals surface area contributed by atoms with E-state index in [1.54, 1.807) is 55.5 Å². The molecule has 1 aliphatic rings. The molecule has 3 rings (SSSR count). The lowest BCUT2D eigenvalue weighted by Gasteiger charge is -2.30. The molecule has 0 N–H and O–H groups in total. The number of nitrogens with zero attached hydrogens (tertiary/aromatic N) is 2. The van der Waals surface area contributed by atoms with Crippen molar-refractivity contribution in [2.75, 3.05) is 31.0 Å². The van der Waals surface area contributed by atoms with E-state index in [4.69, 9.17) is 9.47 Å². The first-order valence-corrected chi connectivity index (χ1v) is 12.0. The minimum atomic E-state index is -3.70. The summed E-state index contributed by atoms with van der Waals surface area (Å²) in [7, 11) is -2.23. The first kappa shape index (κ1) is 23.6. The normalized spacial score (nSPS) is 16.3. The fourth-order valence-electron chi connectivity index (χ4n) is 3.48. The lowest BCUT2D eigenvalue weighted by Crippen LogP contribution is -2.43. The molecule has 0 saturated carbocycles. The first-order valence-electron chi connectivity index (χ1n) is 10.5. The van der Waals surface area contributed by atoms with E-state index in [2.05, 4.69) is 0 Å². The zero-order valence-electron chi connectivity index (χ0n) is 18.5. The van der Waals surface area contributed by atoms with Gasteiger partial charge in [-0.25, -0.2) is 13.2 Å². The molecule has 2 aromatic rings. The van der Waals surface area contributed by atoms with E-state index in [1.165, 1.54) is 16.3 Å². The number of likely N-dealkylation sites (tertiary alicyclic amines) is 1. The number of anilines is 1. The fraction of sp³-hybridized carbons (Fsp3) is 0.391. The van der Waals surface area contributed by atoms with Gasteiger partial charge in [0.1, 0.15) is 5.75 Å². The van der Waals surface area contributed by atoms with Gasteiger partial charge in [0.05, 0.1) is 23.1 Å². The van der Waals surface area contributed by atoms with Crippen LogP contribution in [0.3, 0.4) is 0 Å². The number of piperidine rings is 1. The Labute approximate surface area is 188 Å². The molecule has 1 amide bonds. The summed E-state index contributed by atoms with van der Waals surface area (Å²) in [6, 6.07) is 12.9. The smallest absolute Gasteiger partial charge is 0.409 e. The van der Waals surface area contributed by atoms with Crippen molar-refractivity contribution in [1.29, 1.82) is 0 Å². The molecule has 32 heavy (non-hydrogen) atoms. The van der Waals surface area contributed by atoms with Crippen molar-refractivity contribution >= 4 is 27.8 Å². The summed E-state index contributed by atoms with van der Waals surface area (Å²) in [5.41, 5.74) is 1.41. The monoisotopic (exact) mass is 460 g/mol. The van der Waals surface area contributed by atoms with Gasteiger partial charge in [0.15, 0.2) is 0 Å². The van der Waals surface area contributed by atoms with Crippen LogP contribution in [0.2, 0.25) is 0 Å². The Kier molecular flexibility index (Phi) is 7.40. The quantitative estimate of drug-likeness (QED) is 0.483. The molecule has 2 aromatic carbocycles. The first-order chi connectivity index (χ1) is 15.2. The number of sulfonamides is 1. The number of carbonyl (C=O) groups excluding carboxylic acids is 2. The number of ether oxygens (including phenoxy) is 2. The second kappa shape index (κ2) is 10.0. The van der Waals surface area contributed by atoms with Crippen LogP contribution in [0.4, 0.5) is 10.5 Å². The van der Waals surface area contributed by atoms with Crippen molar-refractivity contribution in [1.82, 2.24) is 4.90 Å². The molecule has 1 saturated heterocycles. The summed E-state index contributed by atoms with van der Waals surface area (Å²) in [6.07, 6.45) is 0.899. The van der Waals surface area contributed by atoms with Crippen LogP contribution in [0, 0.1) is 12.8 Å². The summed E-state index contributed by atoms with van der Waals surface area (Å²) in [6.45, 7) is 4.72. The van der Waals surface area contributed by atoms with Crippen molar-refractivity contribution in [3.05, 3.63) is 54.1 Å². The summed E-state index contributed by atoms with van der Waals surface area (Å²) < 4.78 is 37.4. The van der Waals surface area contributed by atoms with Crippen LogP contribution in [0.25, 0.3) is 0 Å². The molecule has 0 radical (unpaired) electrons.